The van der Waals surface area contributed by atoms with Crippen molar-refractivity contribution in [3.63, 3.8) is 0 Å². The Labute approximate surface area is 326 Å². The molecule has 0 saturated carbocycles. The van der Waals surface area contributed by atoms with Crippen LogP contribution in [0.2, 0.25) is 0 Å². The summed E-state index contributed by atoms with van der Waals surface area (Å²) in [6, 6.07) is 63.7. The fourth-order valence-electron chi connectivity index (χ4n) is 7.84. The first-order chi connectivity index (χ1) is 27.8. The van der Waals surface area contributed by atoms with Crippen LogP contribution in [0.3, 0.4) is 0 Å². The van der Waals surface area contributed by atoms with E-state index in [0.29, 0.717) is 5.82 Å². The minimum Gasteiger partial charge on any atom is -0.454 e. The highest BCUT2D eigenvalue weighted by molar-refractivity contribution is 6.12. The maximum atomic E-state index is 6.75. The molecule has 4 nitrogen and oxygen atoms in total. The maximum absolute atomic E-state index is 6.75. The van der Waals surface area contributed by atoms with Gasteiger partial charge in [-0.05, 0) is 72.0 Å². The smallest absolute Gasteiger partial charge is 0.160 e. The van der Waals surface area contributed by atoms with Gasteiger partial charge in [0.25, 0.3) is 0 Å². The number of para-hydroxylation sites is 3. The Morgan fingerprint density at radius 3 is 1.73 bits per heavy atom. The molecule has 0 amide bonds. The Balaban J connectivity index is 1.30. The molecule has 0 aliphatic heterocycles. The van der Waals surface area contributed by atoms with Crippen molar-refractivity contribution in [2.24, 2.45) is 0 Å². The zero-order chi connectivity index (χ0) is 37.3. The number of fused-ring (bicyclic) bond motifs is 3. The van der Waals surface area contributed by atoms with Crippen molar-refractivity contribution < 1.29 is 4.42 Å². The average Bonchev–Trinajstić information content (AvgIpc) is 3.67. The molecule has 1 aliphatic rings. The number of aromatic nitrogens is 2. The fraction of sp³-hybridized carbons (Fsp3) is 0.0385. The van der Waals surface area contributed by atoms with Crippen molar-refractivity contribution in [3.05, 3.63) is 206 Å². The third-order valence-corrected chi connectivity index (χ3v) is 10.5. The normalized spacial score (nSPS) is 12.5. The zero-order valence-electron chi connectivity index (χ0n) is 30.7. The van der Waals surface area contributed by atoms with E-state index in [1.807, 2.05) is 18.2 Å². The minimum absolute atomic E-state index is 0.674. The summed E-state index contributed by atoms with van der Waals surface area (Å²) in [4.78, 5) is 13.0. The SMILES string of the molecule is C1=CC(c2cc(-c3ccccc3)nc(-c3cc(-c4ccccc4)c(N(c4ccccc4)c4cccc5c4oc4ccccc45)c(-c4ccccc4)c3)n2)=CCC1. The van der Waals surface area contributed by atoms with Gasteiger partial charge in [0, 0.05) is 38.7 Å². The van der Waals surface area contributed by atoms with E-state index >= 15 is 0 Å². The number of anilines is 3. The van der Waals surface area contributed by atoms with Crippen LogP contribution in [0.15, 0.2) is 205 Å². The van der Waals surface area contributed by atoms with Crippen molar-refractivity contribution in [1.29, 1.82) is 0 Å². The molecule has 1 aliphatic carbocycles. The second kappa shape index (κ2) is 14.5. The number of allylic oxidation sites excluding steroid dienone is 4. The second-order valence-corrected chi connectivity index (χ2v) is 14.0. The molecule has 10 rings (SSSR count). The van der Waals surface area contributed by atoms with E-state index in [-0.39, 0.29) is 0 Å². The number of hydrogen-bond acceptors (Lipinski definition) is 4. The van der Waals surface area contributed by atoms with Crippen LogP contribution in [0.1, 0.15) is 18.5 Å². The van der Waals surface area contributed by atoms with Crippen LogP contribution in [0, 0.1) is 0 Å². The van der Waals surface area contributed by atoms with E-state index in [1.165, 1.54) is 0 Å². The lowest BCUT2D eigenvalue weighted by Gasteiger charge is -2.31. The molecule has 0 atom stereocenters. The molecular formula is C52H37N3O. The number of hydrogen-bond donors (Lipinski definition) is 0. The van der Waals surface area contributed by atoms with E-state index in [2.05, 4.69) is 187 Å². The average molecular weight is 720 g/mol. The first kappa shape index (κ1) is 33.3. The summed E-state index contributed by atoms with van der Waals surface area (Å²) in [7, 11) is 0. The van der Waals surface area contributed by atoms with Gasteiger partial charge in [0.15, 0.2) is 11.4 Å². The summed E-state index contributed by atoms with van der Waals surface area (Å²) in [6.45, 7) is 0. The van der Waals surface area contributed by atoms with E-state index in [1.54, 1.807) is 0 Å². The fourth-order valence-corrected chi connectivity index (χ4v) is 7.84. The third kappa shape index (κ3) is 6.17. The molecule has 2 aromatic heterocycles. The largest absolute Gasteiger partial charge is 0.454 e. The van der Waals surface area contributed by atoms with Crippen molar-refractivity contribution >= 4 is 44.6 Å². The van der Waals surface area contributed by atoms with E-state index in [0.717, 1.165) is 102 Å². The van der Waals surface area contributed by atoms with Crippen molar-refractivity contribution in [3.8, 4) is 44.9 Å². The predicted molar refractivity (Wildman–Crippen MR) is 232 cm³/mol. The zero-order valence-corrected chi connectivity index (χ0v) is 30.7. The van der Waals surface area contributed by atoms with Crippen LogP contribution >= 0.6 is 0 Å². The van der Waals surface area contributed by atoms with Crippen LogP contribution in [-0.4, -0.2) is 9.97 Å². The Morgan fingerprint density at radius 2 is 1.07 bits per heavy atom. The molecule has 4 heteroatoms. The molecule has 0 spiro atoms. The lowest BCUT2D eigenvalue weighted by Crippen LogP contribution is -2.13. The molecule has 0 N–H and O–H groups in total. The van der Waals surface area contributed by atoms with Gasteiger partial charge in [-0.1, -0.05) is 158 Å². The molecule has 9 aromatic rings. The van der Waals surface area contributed by atoms with Gasteiger partial charge in [0.1, 0.15) is 5.58 Å². The van der Waals surface area contributed by atoms with Gasteiger partial charge in [-0.15, -0.1) is 0 Å². The van der Waals surface area contributed by atoms with Crippen molar-refractivity contribution in [2.75, 3.05) is 4.90 Å². The minimum atomic E-state index is 0.674. The molecule has 7 aromatic carbocycles. The highest BCUT2D eigenvalue weighted by Gasteiger charge is 2.27. The first-order valence-corrected chi connectivity index (χ1v) is 19.1. The van der Waals surface area contributed by atoms with Gasteiger partial charge in [-0.3, -0.25) is 0 Å². The van der Waals surface area contributed by atoms with Gasteiger partial charge >= 0.3 is 0 Å². The van der Waals surface area contributed by atoms with E-state index in [9.17, 15) is 0 Å². The Bertz CT molecular complexity index is 2830. The molecule has 0 bridgehead atoms. The van der Waals surface area contributed by atoms with E-state index in [4.69, 9.17) is 14.4 Å². The molecule has 0 radical (unpaired) electrons. The quantitative estimate of drug-likeness (QED) is 0.157. The van der Waals surface area contributed by atoms with Gasteiger partial charge in [-0.25, -0.2) is 9.97 Å². The van der Waals surface area contributed by atoms with Gasteiger partial charge < -0.3 is 9.32 Å². The summed E-state index contributed by atoms with van der Waals surface area (Å²) in [5, 5.41) is 2.16. The third-order valence-electron chi connectivity index (χ3n) is 10.5. The number of nitrogens with zero attached hydrogens (tertiary/aromatic N) is 3. The number of benzene rings is 7. The summed E-state index contributed by atoms with van der Waals surface area (Å²) in [6.07, 6.45) is 8.73. The summed E-state index contributed by atoms with van der Waals surface area (Å²) >= 11 is 0. The van der Waals surface area contributed by atoms with Gasteiger partial charge in [0.2, 0.25) is 0 Å². The summed E-state index contributed by atoms with van der Waals surface area (Å²) in [5.41, 5.74) is 13.9. The topological polar surface area (TPSA) is 42.2 Å². The van der Waals surface area contributed by atoms with Crippen LogP contribution in [0.5, 0.6) is 0 Å². The van der Waals surface area contributed by atoms with E-state index < -0.39 is 0 Å². The van der Waals surface area contributed by atoms with Crippen molar-refractivity contribution in [1.82, 2.24) is 9.97 Å². The number of furan rings is 1. The van der Waals surface area contributed by atoms with Gasteiger partial charge in [0.05, 0.1) is 22.8 Å². The molecular weight excluding hydrogens is 683 g/mol. The van der Waals surface area contributed by atoms with Crippen LogP contribution in [0.4, 0.5) is 17.1 Å². The molecule has 0 saturated heterocycles. The second-order valence-electron chi connectivity index (χ2n) is 14.0. The monoisotopic (exact) mass is 719 g/mol. The highest BCUT2D eigenvalue weighted by atomic mass is 16.3. The Kier molecular flexibility index (Phi) is 8.62. The lowest BCUT2D eigenvalue weighted by atomic mass is 9.91. The first-order valence-electron chi connectivity index (χ1n) is 19.1. The standard InChI is InChI=1S/C52H37N3O/c1-6-19-36(20-7-1)44-33-40(52-53-46(38-23-10-3-11-24-38)35-47(54-52)39-25-12-4-13-26-39)34-45(37-21-8-2-9-22-37)50(44)55(41-27-14-5-15-28-41)48-31-18-30-43-42-29-16-17-32-49(42)56-51(43)48/h1-3,5-12,14-35H,4,13H2. The maximum Gasteiger partial charge on any atom is 0.160 e. The highest BCUT2D eigenvalue weighted by Crippen LogP contribution is 2.50. The number of rotatable bonds is 8. The molecule has 56 heavy (non-hydrogen) atoms. The van der Waals surface area contributed by atoms with Crippen LogP contribution < -0.4 is 4.90 Å². The predicted octanol–water partition coefficient (Wildman–Crippen LogP) is 14.2. The molecule has 0 fully saturated rings. The Hall–Kier alpha value is -7.30. The van der Waals surface area contributed by atoms with Crippen LogP contribution in [0.25, 0.3) is 72.4 Å². The molecule has 0 unspecified atom stereocenters. The Morgan fingerprint density at radius 1 is 0.482 bits per heavy atom. The summed E-state index contributed by atoms with van der Waals surface area (Å²) in [5.74, 6) is 0.674. The lowest BCUT2D eigenvalue weighted by molar-refractivity contribution is 0.669. The summed E-state index contributed by atoms with van der Waals surface area (Å²) < 4.78 is 6.75. The molecule has 266 valence electrons. The van der Waals surface area contributed by atoms with Gasteiger partial charge in [-0.2, -0.15) is 0 Å². The van der Waals surface area contributed by atoms with Crippen molar-refractivity contribution in [2.45, 2.75) is 12.8 Å². The van der Waals surface area contributed by atoms with Crippen LogP contribution in [-0.2, 0) is 0 Å². The molecule has 2 heterocycles.